The molecule has 0 aliphatic heterocycles. The largest absolute Gasteiger partial charge is 0.296 e. The fourth-order valence-corrected chi connectivity index (χ4v) is 3.32. The molecule has 5 heteroatoms. The Hall–Kier alpha value is -2.79. The number of nitrogens with zero attached hydrogens (tertiary/aromatic N) is 3. The summed E-state index contributed by atoms with van der Waals surface area (Å²) in [5.41, 5.74) is 3.27. The van der Waals surface area contributed by atoms with E-state index in [0.29, 0.717) is 17.1 Å². The Bertz CT molecular complexity index is 1010. The molecule has 0 radical (unpaired) electrons. The van der Waals surface area contributed by atoms with E-state index in [1.807, 2.05) is 66.0 Å². The number of hydrogen-bond acceptors (Lipinski definition) is 4. The normalized spacial score (nSPS) is 11.0. The van der Waals surface area contributed by atoms with Gasteiger partial charge in [0.15, 0.2) is 0 Å². The molecule has 0 aliphatic rings. The van der Waals surface area contributed by atoms with Gasteiger partial charge in [-0.05, 0) is 5.56 Å². The van der Waals surface area contributed by atoms with Gasteiger partial charge in [0.05, 0.1) is 5.69 Å². The van der Waals surface area contributed by atoms with Crippen LogP contribution >= 0.6 is 11.3 Å². The molecule has 4 aromatic rings. The molecule has 0 N–H and O–H groups in total. The van der Waals surface area contributed by atoms with Crippen LogP contribution in [0.4, 0.5) is 0 Å². The molecular weight excluding hydrogens is 306 g/mol. The maximum atomic E-state index is 12.2. The van der Waals surface area contributed by atoms with E-state index in [9.17, 15) is 4.79 Å². The SMILES string of the molecule is O=c1nc2scc(-c3ccccc3)n2nc1Cc1ccccc1. The fraction of sp³-hybridized carbons (Fsp3) is 0.0556. The lowest BCUT2D eigenvalue weighted by Gasteiger charge is -2.03. The average molecular weight is 319 g/mol. The van der Waals surface area contributed by atoms with Crippen molar-refractivity contribution in [3.8, 4) is 11.3 Å². The van der Waals surface area contributed by atoms with Crippen LogP contribution in [0.5, 0.6) is 0 Å². The summed E-state index contributed by atoms with van der Waals surface area (Å²) in [6, 6.07) is 19.8. The van der Waals surface area contributed by atoms with Crippen LogP contribution < -0.4 is 5.56 Å². The van der Waals surface area contributed by atoms with Crippen LogP contribution in [0.3, 0.4) is 0 Å². The number of rotatable bonds is 3. The zero-order valence-electron chi connectivity index (χ0n) is 12.2. The Morgan fingerprint density at radius 1 is 0.957 bits per heavy atom. The fourth-order valence-electron chi connectivity index (χ4n) is 2.50. The van der Waals surface area contributed by atoms with Crippen LogP contribution in [0, 0.1) is 0 Å². The van der Waals surface area contributed by atoms with E-state index in [2.05, 4.69) is 10.1 Å². The highest BCUT2D eigenvalue weighted by Crippen LogP contribution is 2.23. The lowest BCUT2D eigenvalue weighted by Crippen LogP contribution is -2.18. The van der Waals surface area contributed by atoms with Gasteiger partial charge < -0.3 is 0 Å². The molecule has 2 heterocycles. The van der Waals surface area contributed by atoms with Crippen LogP contribution in [-0.2, 0) is 6.42 Å². The van der Waals surface area contributed by atoms with E-state index in [-0.39, 0.29) is 5.56 Å². The van der Waals surface area contributed by atoms with Crippen LogP contribution in [0.2, 0.25) is 0 Å². The summed E-state index contributed by atoms with van der Waals surface area (Å²) in [4.78, 5) is 17.0. The molecular formula is C18H13N3OS. The molecule has 0 saturated carbocycles. The Labute approximate surface area is 136 Å². The van der Waals surface area contributed by atoms with Gasteiger partial charge in [-0.2, -0.15) is 10.1 Å². The Kier molecular flexibility index (Phi) is 3.48. The summed E-state index contributed by atoms with van der Waals surface area (Å²) in [7, 11) is 0. The number of thiazole rings is 1. The van der Waals surface area contributed by atoms with Gasteiger partial charge in [-0.3, -0.25) is 4.79 Å². The first-order valence-electron chi connectivity index (χ1n) is 7.28. The van der Waals surface area contributed by atoms with Crippen LogP contribution in [0.1, 0.15) is 11.3 Å². The molecule has 0 atom stereocenters. The first kappa shape index (κ1) is 13.8. The lowest BCUT2D eigenvalue weighted by molar-refractivity contribution is 0.840. The molecule has 0 bridgehead atoms. The molecule has 0 aliphatic carbocycles. The van der Waals surface area contributed by atoms with Gasteiger partial charge in [-0.15, -0.1) is 11.3 Å². The van der Waals surface area contributed by atoms with Gasteiger partial charge in [0, 0.05) is 17.4 Å². The van der Waals surface area contributed by atoms with Crippen LogP contribution in [0.15, 0.2) is 70.8 Å². The van der Waals surface area contributed by atoms with E-state index in [1.165, 1.54) is 11.3 Å². The van der Waals surface area contributed by atoms with Crippen molar-refractivity contribution >= 4 is 16.3 Å². The first-order chi connectivity index (χ1) is 11.3. The van der Waals surface area contributed by atoms with Gasteiger partial charge in [-0.1, -0.05) is 60.7 Å². The summed E-state index contributed by atoms with van der Waals surface area (Å²) < 4.78 is 1.76. The van der Waals surface area contributed by atoms with Crippen LogP contribution in [0.25, 0.3) is 16.2 Å². The van der Waals surface area contributed by atoms with Crippen molar-refractivity contribution in [1.82, 2.24) is 14.6 Å². The monoisotopic (exact) mass is 319 g/mol. The first-order valence-corrected chi connectivity index (χ1v) is 8.16. The standard InChI is InChI=1S/C18H13N3OS/c22-17-15(11-13-7-3-1-4-8-13)20-21-16(12-23-18(21)19-17)14-9-5-2-6-10-14/h1-10,12H,11H2. The Morgan fingerprint density at radius 2 is 1.65 bits per heavy atom. The number of benzene rings is 2. The van der Waals surface area contributed by atoms with E-state index in [1.54, 1.807) is 4.52 Å². The Balaban J connectivity index is 1.84. The summed E-state index contributed by atoms with van der Waals surface area (Å²) in [6.07, 6.45) is 0.486. The minimum atomic E-state index is -0.254. The molecule has 0 unspecified atom stereocenters. The van der Waals surface area contributed by atoms with Gasteiger partial charge in [-0.25, -0.2) is 4.52 Å². The third-order valence-electron chi connectivity index (χ3n) is 3.63. The molecule has 2 aromatic carbocycles. The van der Waals surface area contributed by atoms with Crippen molar-refractivity contribution in [2.75, 3.05) is 0 Å². The quantitative estimate of drug-likeness (QED) is 0.581. The van der Waals surface area contributed by atoms with E-state index in [4.69, 9.17) is 0 Å². The van der Waals surface area contributed by atoms with Gasteiger partial charge in [0.1, 0.15) is 5.69 Å². The highest BCUT2D eigenvalue weighted by molar-refractivity contribution is 7.15. The van der Waals surface area contributed by atoms with Crippen molar-refractivity contribution in [1.29, 1.82) is 0 Å². The topological polar surface area (TPSA) is 47.3 Å². The summed E-state index contributed by atoms with van der Waals surface area (Å²) in [5.74, 6) is 0. The second-order valence-electron chi connectivity index (χ2n) is 5.21. The highest BCUT2D eigenvalue weighted by Gasteiger charge is 2.12. The van der Waals surface area contributed by atoms with Gasteiger partial charge in [0.2, 0.25) is 4.96 Å². The van der Waals surface area contributed by atoms with E-state index in [0.717, 1.165) is 16.8 Å². The minimum Gasteiger partial charge on any atom is -0.265 e. The molecule has 0 fully saturated rings. The zero-order chi connectivity index (χ0) is 15.6. The molecule has 0 saturated heterocycles. The summed E-state index contributed by atoms with van der Waals surface area (Å²) in [6.45, 7) is 0. The number of fused-ring (bicyclic) bond motifs is 1. The maximum Gasteiger partial charge on any atom is 0.296 e. The maximum absolute atomic E-state index is 12.2. The minimum absolute atomic E-state index is 0.254. The second-order valence-corrected chi connectivity index (χ2v) is 6.04. The molecule has 4 rings (SSSR count). The van der Waals surface area contributed by atoms with Crippen molar-refractivity contribution in [3.63, 3.8) is 0 Å². The van der Waals surface area contributed by atoms with Crippen molar-refractivity contribution in [3.05, 3.63) is 87.7 Å². The molecule has 2 aromatic heterocycles. The third kappa shape index (κ3) is 2.66. The predicted octanol–water partition coefficient (Wildman–Crippen LogP) is 3.41. The molecule has 0 amide bonds. The van der Waals surface area contributed by atoms with Crippen LogP contribution in [-0.4, -0.2) is 14.6 Å². The van der Waals surface area contributed by atoms with Crippen molar-refractivity contribution in [2.45, 2.75) is 6.42 Å². The van der Waals surface area contributed by atoms with Gasteiger partial charge in [0.25, 0.3) is 5.56 Å². The smallest absolute Gasteiger partial charge is 0.265 e. The predicted molar refractivity (Wildman–Crippen MR) is 91.8 cm³/mol. The zero-order valence-corrected chi connectivity index (χ0v) is 13.0. The average Bonchev–Trinajstić information content (AvgIpc) is 2.99. The van der Waals surface area contributed by atoms with Crippen molar-refractivity contribution < 1.29 is 0 Å². The summed E-state index contributed by atoms with van der Waals surface area (Å²) in [5, 5.41) is 6.54. The number of hydrogen-bond donors (Lipinski definition) is 0. The molecule has 112 valence electrons. The third-order valence-corrected chi connectivity index (χ3v) is 4.45. The number of aromatic nitrogens is 3. The second kappa shape index (κ2) is 5.78. The molecule has 4 nitrogen and oxygen atoms in total. The molecule has 0 spiro atoms. The highest BCUT2D eigenvalue weighted by atomic mass is 32.1. The van der Waals surface area contributed by atoms with E-state index < -0.39 is 0 Å². The molecule has 23 heavy (non-hydrogen) atoms. The summed E-state index contributed by atoms with van der Waals surface area (Å²) >= 11 is 1.43. The Morgan fingerprint density at radius 3 is 2.39 bits per heavy atom. The lowest BCUT2D eigenvalue weighted by atomic mass is 10.1. The van der Waals surface area contributed by atoms with E-state index >= 15 is 0 Å². The van der Waals surface area contributed by atoms with Gasteiger partial charge >= 0.3 is 0 Å². The van der Waals surface area contributed by atoms with Crippen molar-refractivity contribution in [2.24, 2.45) is 0 Å².